The number of amides is 4. The highest BCUT2D eigenvalue weighted by Crippen LogP contribution is 2.35. The molecule has 12 heteroatoms. The summed E-state index contributed by atoms with van der Waals surface area (Å²) in [6.07, 6.45) is 4.70. The third-order valence-electron chi connectivity index (χ3n) is 9.77. The number of hydrazine groups is 1. The van der Waals surface area contributed by atoms with Gasteiger partial charge in [-0.25, -0.2) is 14.8 Å². The number of hydrogen-bond acceptors (Lipinski definition) is 8. The number of ether oxygens (including phenoxy) is 2. The number of urea groups is 1. The molecule has 2 N–H and O–H groups in total. The number of piperidine rings is 1. The van der Waals surface area contributed by atoms with Crippen molar-refractivity contribution in [2.75, 3.05) is 53.0 Å². The molecule has 3 aromatic rings. The molecule has 0 aromatic heterocycles. The Hall–Kier alpha value is -5.07. The van der Waals surface area contributed by atoms with E-state index in [-0.39, 0.29) is 56.2 Å². The van der Waals surface area contributed by atoms with Crippen molar-refractivity contribution in [2.24, 2.45) is 0 Å². The van der Waals surface area contributed by atoms with Crippen LogP contribution in [0.2, 0.25) is 0 Å². The maximum absolute atomic E-state index is 14.5. The number of benzene rings is 3. The summed E-state index contributed by atoms with van der Waals surface area (Å²) >= 11 is 0. The van der Waals surface area contributed by atoms with E-state index >= 15 is 0 Å². The highest BCUT2D eigenvalue weighted by atomic mass is 16.5. The van der Waals surface area contributed by atoms with Crippen LogP contribution in [-0.2, 0) is 29.1 Å². The van der Waals surface area contributed by atoms with E-state index in [1.807, 2.05) is 48.5 Å². The molecule has 6 rings (SSSR count). The van der Waals surface area contributed by atoms with Gasteiger partial charge in [0.1, 0.15) is 24.6 Å². The molecule has 3 aliphatic heterocycles. The molecule has 3 saturated heterocycles. The molecule has 3 heterocycles. The number of para-hydroxylation sites is 1. The van der Waals surface area contributed by atoms with Gasteiger partial charge >= 0.3 is 6.03 Å². The molecule has 3 fully saturated rings. The first-order valence-corrected chi connectivity index (χ1v) is 17.7. The van der Waals surface area contributed by atoms with Crippen molar-refractivity contribution < 1.29 is 29.0 Å². The van der Waals surface area contributed by atoms with Gasteiger partial charge in [0.15, 0.2) is 11.5 Å². The summed E-state index contributed by atoms with van der Waals surface area (Å²) in [4.78, 5) is 48.3. The minimum Gasteiger partial charge on any atom is -0.508 e. The molecule has 0 unspecified atom stereocenters. The van der Waals surface area contributed by atoms with Crippen molar-refractivity contribution >= 4 is 17.8 Å². The maximum Gasteiger partial charge on any atom is 0.334 e. The van der Waals surface area contributed by atoms with Gasteiger partial charge < -0.3 is 29.7 Å². The first kappa shape index (κ1) is 35.7. The normalized spacial score (nSPS) is 19.8. The van der Waals surface area contributed by atoms with Crippen LogP contribution in [0.4, 0.5) is 4.79 Å². The molecule has 0 saturated carbocycles. The Morgan fingerprint density at radius 3 is 2.47 bits per heavy atom. The summed E-state index contributed by atoms with van der Waals surface area (Å²) in [7, 11) is 1.60. The van der Waals surface area contributed by atoms with Crippen molar-refractivity contribution in [1.29, 1.82) is 0 Å². The summed E-state index contributed by atoms with van der Waals surface area (Å²) in [5.41, 5.74) is 2.47. The molecule has 0 radical (unpaired) electrons. The van der Waals surface area contributed by atoms with E-state index in [4.69, 9.17) is 9.47 Å². The molecule has 12 nitrogen and oxygen atoms in total. The first-order valence-electron chi connectivity index (χ1n) is 17.7. The number of nitrogens with one attached hydrogen (secondary N) is 1. The second kappa shape index (κ2) is 16.8. The van der Waals surface area contributed by atoms with Crippen LogP contribution in [0.5, 0.6) is 17.2 Å². The Bertz CT molecular complexity index is 1660. The highest BCUT2D eigenvalue weighted by Gasteiger charge is 2.51. The van der Waals surface area contributed by atoms with Crippen LogP contribution in [0.1, 0.15) is 36.0 Å². The topological polar surface area (TPSA) is 118 Å². The minimum atomic E-state index is -0.898. The van der Waals surface area contributed by atoms with E-state index in [0.717, 1.165) is 36.3 Å². The molecule has 3 aromatic carbocycles. The Morgan fingerprint density at radius 1 is 0.980 bits per heavy atom. The fraction of sp³-hybridized carbons (Fsp3) is 0.410. The number of carbonyl (C=O) groups is 3. The molecule has 0 bridgehead atoms. The number of phenolic OH excluding ortho intramolecular Hbond substituents is 1. The summed E-state index contributed by atoms with van der Waals surface area (Å²) in [6, 6.07) is 20.6. The molecule has 2 atom stereocenters. The third kappa shape index (κ3) is 8.46. The van der Waals surface area contributed by atoms with Crippen molar-refractivity contribution in [2.45, 2.75) is 51.0 Å². The predicted octanol–water partition coefficient (Wildman–Crippen LogP) is 4.00. The van der Waals surface area contributed by atoms with Crippen LogP contribution >= 0.6 is 0 Å². The van der Waals surface area contributed by atoms with Gasteiger partial charge in [-0.3, -0.25) is 14.5 Å². The van der Waals surface area contributed by atoms with Gasteiger partial charge in [-0.1, -0.05) is 67.1 Å². The minimum absolute atomic E-state index is 0.0769. The number of hydrogen-bond donors (Lipinski definition) is 2. The number of nitrogens with zero attached hydrogens (tertiary/aromatic N) is 5. The number of methoxy groups -OCH3 is 1. The van der Waals surface area contributed by atoms with Gasteiger partial charge in [0.2, 0.25) is 11.8 Å². The van der Waals surface area contributed by atoms with E-state index in [9.17, 15) is 19.5 Å². The standard InChI is InChI=1S/C39H48N6O6/c1-3-19-43-28-36(47)44-33(24-29-15-17-32(46)18-16-29)38(48)42(27-35(44)45(43)39(49)40-25-30-11-6-4-7-12-30)26-31-13-10-14-34(50-2)37(31)51-23-22-41-20-8-5-9-21-41/h3-4,6-7,10-18,33,35,46H,1,5,8-9,19-28H2,2H3,(H,40,49)/t33-,35-/m0/s1. The zero-order valence-electron chi connectivity index (χ0n) is 29.3. The smallest absolute Gasteiger partial charge is 0.334 e. The van der Waals surface area contributed by atoms with Crippen LogP contribution in [0, 0.1) is 0 Å². The lowest BCUT2D eigenvalue weighted by Crippen LogP contribution is -2.76. The van der Waals surface area contributed by atoms with Crippen LogP contribution in [-0.4, -0.2) is 113 Å². The maximum atomic E-state index is 14.5. The lowest BCUT2D eigenvalue weighted by atomic mass is 9.98. The van der Waals surface area contributed by atoms with Gasteiger partial charge in [0, 0.05) is 38.2 Å². The molecule has 3 aliphatic rings. The summed E-state index contributed by atoms with van der Waals surface area (Å²) in [6.45, 7) is 7.97. The monoisotopic (exact) mass is 696 g/mol. The van der Waals surface area contributed by atoms with Crippen molar-refractivity contribution in [3.05, 3.63) is 102 Å². The zero-order valence-corrected chi connectivity index (χ0v) is 29.3. The summed E-state index contributed by atoms with van der Waals surface area (Å²) < 4.78 is 12.1. The highest BCUT2D eigenvalue weighted by molar-refractivity contribution is 5.91. The van der Waals surface area contributed by atoms with Gasteiger partial charge in [-0.05, 0) is 55.3 Å². The molecule has 51 heavy (non-hydrogen) atoms. The average molecular weight is 697 g/mol. The van der Waals surface area contributed by atoms with Gasteiger partial charge in [-0.15, -0.1) is 6.58 Å². The fourth-order valence-electron chi connectivity index (χ4n) is 7.23. The van der Waals surface area contributed by atoms with E-state index in [1.54, 1.807) is 57.3 Å². The van der Waals surface area contributed by atoms with Gasteiger partial charge in [0.05, 0.1) is 20.2 Å². The van der Waals surface area contributed by atoms with E-state index < -0.39 is 12.2 Å². The second-order valence-corrected chi connectivity index (χ2v) is 13.2. The fourth-order valence-corrected chi connectivity index (χ4v) is 7.23. The second-order valence-electron chi connectivity index (χ2n) is 13.2. The number of phenols is 1. The van der Waals surface area contributed by atoms with Crippen molar-refractivity contribution in [1.82, 2.24) is 30.0 Å². The van der Waals surface area contributed by atoms with Crippen LogP contribution < -0.4 is 14.8 Å². The number of carbonyl (C=O) groups excluding carboxylic acids is 3. The zero-order chi connectivity index (χ0) is 35.7. The Kier molecular flexibility index (Phi) is 11.7. The van der Waals surface area contributed by atoms with E-state index in [2.05, 4.69) is 16.8 Å². The Morgan fingerprint density at radius 2 is 1.75 bits per heavy atom. The Labute approximate surface area is 299 Å². The number of rotatable bonds is 13. The van der Waals surface area contributed by atoms with Crippen LogP contribution in [0.15, 0.2) is 85.5 Å². The summed E-state index contributed by atoms with van der Waals surface area (Å²) in [5, 5.41) is 16.2. The number of fused-ring (bicyclic) bond motifs is 1. The van der Waals surface area contributed by atoms with Crippen LogP contribution in [0.25, 0.3) is 0 Å². The largest absolute Gasteiger partial charge is 0.508 e. The molecule has 4 amide bonds. The SMILES string of the molecule is C=CCN1CC(=O)N2[C@@H](Cc3ccc(O)cc3)C(=O)N(Cc3cccc(OC)c3OCCN3CCCCC3)C[C@@H]2N1C(=O)NCc1ccccc1. The molecular weight excluding hydrogens is 648 g/mol. The number of likely N-dealkylation sites (tertiary alicyclic amines) is 1. The Balaban J connectivity index is 1.31. The molecular formula is C39H48N6O6. The van der Waals surface area contributed by atoms with Gasteiger partial charge in [0.25, 0.3) is 0 Å². The van der Waals surface area contributed by atoms with Crippen molar-refractivity contribution in [3.8, 4) is 17.2 Å². The number of piperazine rings is 1. The van der Waals surface area contributed by atoms with Crippen LogP contribution in [0.3, 0.4) is 0 Å². The predicted molar refractivity (Wildman–Crippen MR) is 193 cm³/mol. The molecule has 0 spiro atoms. The average Bonchev–Trinajstić information content (AvgIpc) is 3.14. The molecule has 270 valence electrons. The lowest BCUT2D eigenvalue weighted by Gasteiger charge is -2.55. The lowest BCUT2D eigenvalue weighted by molar-refractivity contribution is -0.189. The third-order valence-corrected chi connectivity index (χ3v) is 9.77. The van der Waals surface area contributed by atoms with E-state index in [1.165, 1.54) is 19.3 Å². The first-order chi connectivity index (χ1) is 24.9. The number of aromatic hydroxyl groups is 1. The van der Waals surface area contributed by atoms with Crippen molar-refractivity contribution in [3.63, 3.8) is 0 Å². The summed E-state index contributed by atoms with van der Waals surface area (Å²) in [5.74, 6) is 0.762. The molecule has 0 aliphatic carbocycles. The van der Waals surface area contributed by atoms with E-state index in [0.29, 0.717) is 24.7 Å². The quantitative estimate of drug-likeness (QED) is 0.258. The van der Waals surface area contributed by atoms with Gasteiger partial charge in [-0.2, -0.15) is 0 Å².